The van der Waals surface area contributed by atoms with E-state index in [2.05, 4.69) is 19.9 Å². The van der Waals surface area contributed by atoms with Crippen LogP contribution in [0, 0.1) is 0 Å². The molecule has 19 heavy (non-hydrogen) atoms. The van der Waals surface area contributed by atoms with E-state index in [1.807, 2.05) is 0 Å². The van der Waals surface area contributed by atoms with E-state index in [4.69, 9.17) is 17.3 Å². The van der Waals surface area contributed by atoms with Crippen molar-refractivity contribution in [1.82, 2.24) is 19.9 Å². The van der Waals surface area contributed by atoms with E-state index in [9.17, 15) is 8.42 Å². The molecule has 0 radical (unpaired) electrons. The van der Waals surface area contributed by atoms with Crippen LogP contribution in [-0.4, -0.2) is 30.1 Å². The van der Waals surface area contributed by atoms with Gasteiger partial charge in [-0.15, -0.1) is 0 Å². The van der Waals surface area contributed by atoms with Crippen molar-refractivity contribution in [3.63, 3.8) is 0 Å². The van der Waals surface area contributed by atoms with Crippen molar-refractivity contribution >= 4 is 27.3 Å². The van der Waals surface area contributed by atoms with Crippen LogP contribution < -0.4 is 10.5 Å². The first kappa shape index (κ1) is 13.8. The molecule has 0 saturated heterocycles. The number of aromatic nitrogens is 3. The van der Waals surface area contributed by atoms with E-state index in [0.717, 1.165) is 0 Å². The molecule has 0 spiro atoms. The summed E-state index contributed by atoms with van der Waals surface area (Å²) < 4.78 is 26.4. The zero-order chi connectivity index (χ0) is 13.9. The Kier molecular flexibility index (Phi) is 4.03. The number of benzene rings is 1. The van der Waals surface area contributed by atoms with Crippen molar-refractivity contribution in [2.24, 2.45) is 0 Å². The summed E-state index contributed by atoms with van der Waals surface area (Å²) in [5.74, 6) is 0.609. The van der Waals surface area contributed by atoms with Gasteiger partial charge in [-0.3, -0.25) is 5.10 Å². The Morgan fingerprint density at radius 3 is 2.84 bits per heavy atom. The predicted octanol–water partition coefficient (Wildman–Crippen LogP) is 0.561. The number of hydrogen-bond donors (Lipinski definition) is 3. The van der Waals surface area contributed by atoms with Crippen LogP contribution in [0.2, 0.25) is 5.02 Å². The second-order valence-corrected chi connectivity index (χ2v) is 5.94. The highest BCUT2D eigenvalue weighted by atomic mass is 35.5. The summed E-state index contributed by atoms with van der Waals surface area (Å²) in [5, 5.41) is 6.52. The highest BCUT2D eigenvalue weighted by molar-refractivity contribution is 7.89. The average Bonchev–Trinajstić information content (AvgIpc) is 2.85. The molecular weight excluding hydrogens is 290 g/mol. The molecule has 4 N–H and O–H groups in total. The lowest BCUT2D eigenvalue weighted by Gasteiger charge is -2.07. The van der Waals surface area contributed by atoms with Crippen LogP contribution in [0.25, 0.3) is 0 Å². The Morgan fingerprint density at radius 1 is 1.42 bits per heavy atom. The van der Waals surface area contributed by atoms with Gasteiger partial charge < -0.3 is 5.73 Å². The van der Waals surface area contributed by atoms with E-state index in [-0.39, 0.29) is 16.5 Å². The summed E-state index contributed by atoms with van der Waals surface area (Å²) in [7, 11) is -3.60. The first-order valence-corrected chi connectivity index (χ1v) is 7.24. The largest absolute Gasteiger partial charge is 0.398 e. The average molecular weight is 302 g/mol. The fourth-order valence-corrected chi connectivity index (χ4v) is 2.72. The Bertz CT molecular complexity index is 657. The number of nitrogen functional groups attached to an aromatic ring is 1. The van der Waals surface area contributed by atoms with E-state index in [0.29, 0.717) is 17.9 Å². The van der Waals surface area contributed by atoms with E-state index in [1.54, 1.807) is 0 Å². The predicted molar refractivity (Wildman–Crippen MR) is 71.1 cm³/mol. The number of hydrogen-bond acceptors (Lipinski definition) is 5. The van der Waals surface area contributed by atoms with E-state index < -0.39 is 10.0 Å². The fraction of sp³-hybridized carbons (Fsp3) is 0.200. The van der Waals surface area contributed by atoms with Crippen LogP contribution >= 0.6 is 11.6 Å². The van der Waals surface area contributed by atoms with Gasteiger partial charge in [-0.2, -0.15) is 5.10 Å². The van der Waals surface area contributed by atoms with E-state index >= 15 is 0 Å². The number of nitrogens with two attached hydrogens (primary N) is 1. The van der Waals surface area contributed by atoms with Gasteiger partial charge in [-0.05, 0) is 18.2 Å². The lowest BCUT2D eigenvalue weighted by molar-refractivity contribution is 0.581. The summed E-state index contributed by atoms with van der Waals surface area (Å²) in [5.41, 5.74) is 5.87. The minimum atomic E-state index is -3.60. The number of nitrogens with zero attached hydrogens (tertiary/aromatic N) is 2. The Hall–Kier alpha value is -1.64. The highest BCUT2D eigenvalue weighted by Crippen LogP contribution is 2.22. The number of rotatable bonds is 5. The Balaban J connectivity index is 2.03. The quantitative estimate of drug-likeness (QED) is 0.698. The van der Waals surface area contributed by atoms with Crippen LogP contribution in [0.3, 0.4) is 0 Å². The molecule has 0 amide bonds. The number of halogens is 1. The number of sulfonamides is 1. The van der Waals surface area contributed by atoms with Crippen LogP contribution in [0.1, 0.15) is 5.82 Å². The van der Waals surface area contributed by atoms with Gasteiger partial charge in [0.2, 0.25) is 10.0 Å². The van der Waals surface area contributed by atoms with Crippen molar-refractivity contribution in [2.75, 3.05) is 12.3 Å². The topological polar surface area (TPSA) is 114 Å². The summed E-state index contributed by atoms with van der Waals surface area (Å²) in [6, 6.07) is 4.17. The van der Waals surface area contributed by atoms with Crippen molar-refractivity contribution in [1.29, 1.82) is 0 Å². The molecule has 0 unspecified atom stereocenters. The van der Waals surface area contributed by atoms with Crippen molar-refractivity contribution < 1.29 is 8.42 Å². The fourth-order valence-electron chi connectivity index (χ4n) is 1.41. The molecule has 0 aliphatic rings. The van der Waals surface area contributed by atoms with Crippen LogP contribution in [0.4, 0.5) is 5.69 Å². The molecular formula is C10H12ClN5O2S. The second kappa shape index (κ2) is 5.55. The lowest BCUT2D eigenvalue weighted by atomic mass is 10.3. The first-order valence-electron chi connectivity index (χ1n) is 5.38. The zero-order valence-corrected chi connectivity index (χ0v) is 11.4. The minimum Gasteiger partial charge on any atom is -0.398 e. The molecule has 9 heteroatoms. The molecule has 0 saturated carbocycles. The van der Waals surface area contributed by atoms with Gasteiger partial charge in [0.05, 0.1) is 15.6 Å². The molecule has 2 aromatic rings. The molecule has 1 aromatic heterocycles. The van der Waals surface area contributed by atoms with Crippen molar-refractivity contribution in [3.8, 4) is 0 Å². The summed E-state index contributed by atoms with van der Waals surface area (Å²) in [6.07, 6.45) is 1.78. The molecule has 102 valence electrons. The van der Waals surface area contributed by atoms with Gasteiger partial charge in [-0.25, -0.2) is 18.1 Å². The standard InChI is InChI=1S/C10H12ClN5O2S/c11-8-5-7(1-2-9(8)12)19(17,18)15-4-3-10-13-6-14-16-10/h1-2,5-6,15H,3-4,12H2,(H,13,14,16). The SMILES string of the molecule is Nc1ccc(S(=O)(=O)NCCc2ncn[nH]2)cc1Cl. The zero-order valence-electron chi connectivity index (χ0n) is 9.80. The summed E-state index contributed by atoms with van der Waals surface area (Å²) >= 11 is 5.79. The number of nitrogens with one attached hydrogen (secondary N) is 2. The van der Waals surface area contributed by atoms with Crippen LogP contribution in [-0.2, 0) is 16.4 Å². The molecule has 1 aromatic carbocycles. The molecule has 0 aliphatic carbocycles. The monoisotopic (exact) mass is 301 g/mol. The van der Waals surface area contributed by atoms with E-state index in [1.165, 1.54) is 24.5 Å². The third kappa shape index (κ3) is 3.43. The van der Waals surface area contributed by atoms with Gasteiger partial charge in [0.1, 0.15) is 12.2 Å². The van der Waals surface area contributed by atoms with Crippen LogP contribution in [0.15, 0.2) is 29.4 Å². The molecule has 7 nitrogen and oxygen atoms in total. The summed E-state index contributed by atoms with van der Waals surface area (Å²) in [4.78, 5) is 3.97. The third-order valence-corrected chi connectivity index (χ3v) is 4.19. The molecule has 0 atom stereocenters. The van der Waals surface area contributed by atoms with Crippen molar-refractivity contribution in [2.45, 2.75) is 11.3 Å². The maximum absolute atomic E-state index is 12.0. The maximum Gasteiger partial charge on any atom is 0.240 e. The van der Waals surface area contributed by atoms with Crippen molar-refractivity contribution in [3.05, 3.63) is 35.4 Å². The highest BCUT2D eigenvalue weighted by Gasteiger charge is 2.14. The smallest absolute Gasteiger partial charge is 0.240 e. The first-order chi connectivity index (χ1) is 8.99. The van der Waals surface area contributed by atoms with Gasteiger partial charge in [0, 0.05) is 13.0 Å². The number of aromatic amines is 1. The third-order valence-electron chi connectivity index (χ3n) is 2.40. The minimum absolute atomic E-state index is 0.0734. The maximum atomic E-state index is 12.0. The number of anilines is 1. The molecule has 0 bridgehead atoms. The van der Waals surface area contributed by atoms with Gasteiger partial charge in [0.15, 0.2) is 0 Å². The second-order valence-electron chi connectivity index (χ2n) is 3.76. The Morgan fingerprint density at radius 2 is 2.21 bits per heavy atom. The van der Waals surface area contributed by atoms with Gasteiger partial charge >= 0.3 is 0 Å². The molecule has 2 rings (SSSR count). The normalized spacial score (nSPS) is 11.6. The lowest BCUT2D eigenvalue weighted by Crippen LogP contribution is -2.26. The van der Waals surface area contributed by atoms with Gasteiger partial charge in [0.25, 0.3) is 0 Å². The molecule has 1 heterocycles. The molecule has 0 fully saturated rings. The molecule has 0 aliphatic heterocycles. The number of H-pyrrole nitrogens is 1. The van der Waals surface area contributed by atoms with Gasteiger partial charge in [-0.1, -0.05) is 11.6 Å². The summed E-state index contributed by atoms with van der Waals surface area (Å²) in [6.45, 7) is 0.208. The van der Waals surface area contributed by atoms with Crippen LogP contribution in [0.5, 0.6) is 0 Å². The Labute approximate surface area is 115 Å².